The third-order valence-corrected chi connectivity index (χ3v) is 6.00. The number of halogens is 1. The Kier molecular flexibility index (Phi) is 6.50. The van der Waals surface area contributed by atoms with Gasteiger partial charge in [-0.2, -0.15) is 0 Å². The Labute approximate surface area is 167 Å². The smallest absolute Gasteiger partial charge is 0.150 e. The lowest BCUT2D eigenvalue weighted by atomic mass is 9.81. The van der Waals surface area contributed by atoms with Gasteiger partial charge in [0, 0.05) is 37.9 Å². The Hall–Kier alpha value is -2.20. The van der Waals surface area contributed by atoms with Crippen LogP contribution < -0.4 is 4.74 Å². The van der Waals surface area contributed by atoms with Crippen LogP contribution in [0.25, 0.3) is 11.1 Å². The number of hydrogen-bond acceptors (Lipinski definition) is 3. The quantitative estimate of drug-likeness (QED) is 0.617. The fourth-order valence-electron chi connectivity index (χ4n) is 3.92. The molecule has 1 aliphatic heterocycles. The van der Waals surface area contributed by atoms with Crippen molar-refractivity contribution < 1.29 is 13.9 Å². The molecule has 0 aliphatic carbocycles. The van der Waals surface area contributed by atoms with Crippen LogP contribution in [-0.4, -0.2) is 43.6 Å². The molecule has 0 atom stereocenters. The van der Waals surface area contributed by atoms with Gasteiger partial charge in [0.25, 0.3) is 0 Å². The third kappa shape index (κ3) is 4.44. The van der Waals surface area contributed by atoms with Gasteiger partial charge in [-0.3, -0.25) is 9.18 Å². The van der Waals surface area contributed by atoms with Crippen LogP contribution in [0.5, 0.6) is 5.75 Å². The minimum absolute atomic E-state index is 0.204. The Morgan fingerprint density at radius 2 is 1.75 bits per heavy atom. The number of likely N-dealkylation sites (tertiary alicyclic amines) is 1. The first-order chi connectivity index (χ1) is 13.5. The van der Waals surface area contributed by atoms with Crippen LogP contribution >= 0.6 is 0 Å². The van der Waals surface area contributed by atoms with Crippen molar-refractivity contribution in [2.45, 2.75) is 38.7 Å². The van der Waals surface area contributed by atoms with Crippen molar-refractivity contribution in [1.82, 2.24) is 4.90 Å². The number of aryl methyl sites for hydroxylation is 1. The summed E-state index contributed by atoms with van der Waals surface area (Å²) in [6.45, 7) is 6.03. The van der Waals surface area contributed by atoms with Gasteiger partial charge in [-0.05, 0) is 41.8 Å². The summed E-state index contributed by atoms with van der Waals surface area (Å²) in [6.07, 6.45) is 3.13. The summed E-state index contributed by atoms with van der Waals surface area (Å²) in [6, 6.07) is 13.5. The molecule has 2 aromatic rings. The molecule has 0 N–H and O–H groups in total. The molecule has 1 fully saturated rings. The molecule has 4 heteroatoms. The normalized spacial score (nSPS) is 16.9. The molecule has 2 aromatic carbocycles. The highest BCUT2D eigenvalue weighted by molar-refractivity contribution is 5.77. The van der Waals surface area contributed by atoms with Gasteiger partial charge in [-0.25, -0.2) is 0 Å². The highest BCUT2D eigenvalue weighted by atomic mass is 19.1. The number of nitrogens with zero attached hydrogens (tertiary/aromatic N) is 1. The lowest BCUT2D eigenvalue weighted by molar-refractivity contribution is -0.0300. The van der Waals surface area contributed by atoms with Crippen molar-refractivity contribution in [3.63, 3.8) is 0 Å². The largest absolute Gasteiger partial charge is 0.487 e. The van der Waals surface area contributed by atoms with E-state index < -0.39 is 6.67 Å². The van der Waals surface area contributed by atoms with E-state index in [-0.39, 0.29) is 5.60 Å². The maximum Gasteiger partial charge on any atom is 0.150 e. The van der Waals surface area contributed by atoms with Crippen LogP contribution in [0.2, 0.25) is 0 Å². The Morgan fingerprint density at radius 3 is 2.32 bits per heavy atom. The maximum absolute atomic E-state index is 13.3. The summed E-state index contributed by atoms with van der Waals surface area (Å²) < 4.78 is 19.9. The van der Waals surface area contributed by atoms with Crippen LogP contribution in [0.4, 0.5) is 4.39 Å². The van der Waals surface area contributed by atoms with E-state index in [1.54, 1.807) is 12.1 Å². The first-order valence-corrected chi connectivity index (χ1v) is 10.1. The fourth-order valence-corrected chi connectivity index (χ4v) is 3.92. The SMILES string of the molecule is CC(C)C1(Oc2ccc(-c3ccc(C=O)cc3)cc2CCF)CCN(C)CC1. The minimum atomic E-state index is -0.415. The minimum Gasteiger partial charge on any atom is -0.487 e. The van der Waals surface area contributed by atoms with Gasteiger partial charge < -0.3 is 9.64 Å². The molecule has 0 unspecified atom stereocenters. The Balaban J connectivity index is 1.90. The van der Waals surface area contributed by atoms with Crippen LogP contribution in [0.15, 0.2) is 42.5 Å². The summed E-state index contributed by atoms with van der Waals surface area (Å²) in [4.78, 5) is 13.2. The van der Waals surface area contributed by atoms with Gasteiger partial charge in [-0.1, -0.05) is 44.2 Å². The molecule has 0 spiro atoms. The van der Waals surface area contributed by atoms with E-state index in [2.05, 4.69) is 25.8 Å². The highest BCUT2D eigenvalue weighted by Gasteiger charge is 2.39. The molecule has 0 aromatic heterocycles. The zero-order chi connectivity index (χ0) is 20.1. The lowest BCUT2D eigenvalue weighted by Crippen LogP contribution is -2.50. The summed E-state index contributed by atoms with van der Waals surface area (Å²) in [5.74, 6) is 1.18. The van der Waals surface area contributed by atoms with E-state index in [4.69, 9.17) is 4.74 Å². The number of benzene rings is 2. The first-order valence-electron chi connectivity index (χ1n) is 10.1. The number of ether oxygens (including phenoxy) is 1. The van der Waals surface area contributed by atoms with Gasteiger partial charge in [0.2, 0.25) is 0 Å². The van der Waals surface area contributed by atoms with Crippen molar-refractivity contribution in [2.75, 3.05) is 26.8 Å². The van der Waals surface area contributed by atoms with Crippen LogP contribution in [-0.2, 0) is 6.42 Å². The van der Waals surface area contributed by atoms with E-state index in [9.17, 15) is 9.18 Å². The Morgan fingerprint density at radius 1 is 1.11 bits per heavy atom. The predicted molar refractivity (Wildman–Crippen MR) is 112 cm³/mol. The van der Waals surface area contributed by atoms with E-state index in [1.165, 1.54) is 0 Å². The number of alkyl halides is 1. The second-order valence-corrected chi connectivity index (χ2v) is 8.13. The molecule has 0 bridgehead atoms. The molecule has 1 saturated heterocycles. The van der Waals surface area contributed by atoms with Crippen molar-refractivity contribution in [1.29, 1.82) is 0 Å². The van der Waals surface area contributed by atoms with Gasteiger partial charge in [0.05, 0.1) is 6.67 Å². The van der Waals surface area contributed by atoms with Crippen LogP contribution in [0.1, 0.15) is 42.6 Å². The summed E-state index contributed by atoms with van der Waals surface area (Å²) in [5.41, 5.74) is 3.36. The number of aldehydes is 1. The van der Waals surface area contributed by atoms with E-state index in [0.717, 1.165) is 54.7 Å². The highest BCUT2D eigenvalue weighted by Crippen LogP contribution is 2.37. The number of hydrogen-bond donors (Lipinski definition) is 0. The second-order valence-electron chi connectivity index (χ2n) is 8.13. The zero-order valence-electron chi connectivity index (χ0n) is 17.1. The van der Waals surface area contributed by atoms with E-state index in [0.29, 0.717) is 17.9 Å². The summed E-state index contributed by atoms with van der Waals surface area (Å²) in [5, 5.41) is 0. The molecule has 3 nitrogen and oxygen atoms in total. The average Bonchev–Trinajstić information content (AvgIpc) is 2.71. The van der Waals surface area contributed by atoms with Crippen molar-refractivity contribution in [2.24, 2.45) is 5.92 Å². The number of carbonyl (C=O) groups is 1. The average molecular weight is 384 g/mol. The fraction of sp³-hybridized carbons (Fsp3) is 0.458. The predicted octanol–water partition coefficient (Wildman–Crippen LogP) is 5.18. The monoisotopic (exact) mass is 383 g/mol. The molecular weight excluding hydrogens is 353 g/mol. The number of rotatable bonds is 7. The number of carbonyl (C=O) groups excluding carboxylic acids is 1. The summed E-state index contributed by atoms with van der Waals surface area (Å²) in [7, 11) is 2.14. The van der Waals surface area contributed by atoms with Crippen LogP contribution in [0, 0.1) is 5.92 Å². The molecule has 1 aliphatic rings. The van der Waals surface area contributed by atoms with Gasteiger partial charge >= 0.3 is 0 Å². The standard InChI is InChI=1S/C24H30FNO2/c1-18(2)24(11-14-26(3)15-12-24)28-23-9-8-21(16-22(23)10-13-25)20-6-4-19(17-27)5-7-20/h4-9,16-18H,10-15H2,1-3H3. The van der Waals surface area contributed by atoms with Crippen molar-refractivity contribution in [3.05, 3.63) is 53.6 Å². The van der Waals surface area contributed by atoms with E-state index >= 15 is 0 Å². The molecular formula is C24H30FNO2. The Bertz CT molecular complexity index is 793. The van der Waals surface area contributed by atoms with Gasteiger partial charge in [-0.15, -0.1) is 0 Å². The lowest BCUT2D eigenvalue weighted by Gasteiger charge is -2.44. The van der Waals surface area contributed by atoms with Gasteiger partial charge in [0.1, 0.15) is 17.6 Å². The molecule has 3 rings (SSSR count). The molecule has 1 heterocycles. The first kappa shape index (κ1) is 20.5. The summed E-state index contributed by atoms with van der Waals surface area (Å²) >= 11 is 0. The number of piperidine rings is 1. The van der Waals surface area contributed by atoms with Crippen molar-refractivity contribution >= 4 is 6.29 Å². The van der Waals surface area contributed by atoms with E-state index in [1.807, 2.05) is 30.3 Å². The molecule has 0 amide bonds. The second kappa shape index (κ2) is 8.87. The third-order valence-electron chi connectivity index (χ3n) is 6.00. The topological polar surface area (TPSA) is 29.5 Å². The zero-order valence-corrected chi connectivity index (χ0v) is 17.1. The molecule has 0 saturated carbocycles. The maximum atomic E-state index is 13.3. The van der Waals surface area contributed by atoms with Crippen LogP contribution in [0.3, 0.4) is 0 Å². The molecule has 0 radical (unpaired) electrons. The molecule has 28 heavy (non-hydrogen) atoms. The van der Waals surface area contributed by atoms with Gasteiger partial charge in [0.15, 0.2) is 0 Å². The van der Waals surface area contributed by atoms with Crippen molar-refractivity contribution in [3.8, 4) is 16.9 Å². The molecule has 150 valence electrons.